The van der Waals surface area contributed by atoms with E-state index < -0.39 is 11.9 Å². The normalized spacial score (nSPS) is 20.8. The Morgan fingerprint density at radius 1 is 1.42 bits per heavy atom. The first-order valence-electron chi connectivity index (χ1n) is 8.50. The van der Waals surface area contributed by atoms with Gasteiger partial charge in [-0.25, -0.2) is 4.79 Å². The van der Waals surface area contributed by atoms with E-state index in [1.54, 1.807) is 0 Å². The lowest BCUT2D eigenvalue weighted by Gasteiger charge is -2.25. The van der Waals surface area contributed by atoms with Crippen molar-refractivity contribution in [2.75, 3.05) is 20.3 Å². The second-order valence-electron chi connectivity index (χ2n) is 6.52. The standard InChI is InChI=1S/C19H22O7/c1-10-14-9-26-19(23)16(14)17(22)13(18(10)24-2)4-3-11-5-6-25-8-12(11)7-15(20)21/h3,12,22H,4-9H2,1-2H3,(H,20,21). The quantitative estimate of drug-likeness (QED) is 0.612. The van der Waals surface area contributed by atoms with Gasteiger partial charge in [-0.2, -0.15) is 0 Å². The van der Waals surface area contributed by atoms with Crippen LogP contribution in [0.4, 0.5) is 0 Å². The molecule has 0 saturated carbocycles. The molecule has 1 atom stereocenters. The summed E-state index contributed by atoms with van der Waals surface area (Å²) in [4.78, 5) is 23.0. The Bertz CT molecular complexity index is 779. The third-order valence-electron chi connectivity index (χ3n) is 5.02. The van der Waals surface area contributed by atoms with Crippen LogP contribution in [0.3, 0.4) is 0 Å². The fourth-order valence-electron chi connectivity index (χ4n) is 3.66. The van der Waals surface area contributed by atoms with Crippen LogP contribution in [-0.4, -0.2) is 42.5 Å². The third-order valence-corrected chi connectivity index (χ3v) is 5.02. The van der Waals surface area contributed by atoms with Gasteiger partial charge in [-0.05, 0) is 25.3 Å². The number of carbonyl (C=O) groups is 2. The number of hydrogen-bond donors (Lipinski definition) is 2. The lowest BCUT2D eigenvalue weighted by molar-refractivity contribution is -0.138. The Hall–Kier alpha value is -2.54. The highest BCUT2D eigenvalue weighted by molar-refractivity contribution is 5.98. The number of allylic oxidation sites excluding steroid dienone is 1. The zero-order chi connectivity index (χ0) is 18.8. The summed E-state index contributed by atoms with van der Waals surface area (Å²) in [6.45, 7) is 2.87. The lowest BCUT2D eigenvalue weighted by Crippen LogP contribution is -2.23. The van der Waals surface area contributed by atoms with E-state index in [0.29, 0.717) is 42.9 Å². The number of benzene rings is 1. The summed E-state index contributed by atoms with van der Waals surface area (Å²) in [6.07, 6.45) is 2.90. The summed E-state index contributed by atoms with van der Waals surface area (Å²) in [5, 5.41) is 19.7. The van der Waals surface area contributed by atoms with Gasteiger partial charge in [0.15, 0.2) is 0 Å². The van der Waals surface area contributed by atoms with Crippen molar-refractivity contribution in [3.8, 4) is 11.5 Å². The number of aliphatic carboxylic acids is 1. The number of fused-ring (bicyclic) bond motifs is 1. The minimum Gasteiger partial charge on any atom is -0.507 e. The zero-order valence-corrected chi connectivity index (χ0v) is 14.8. The Balaban J connectivity index is 1.96. The van der Waals surface area contributed by atoms with E-state index >= 15 is 0 Å². The van der Waals surface area contributed by atoms with Gasteiger partial charge < -0.3 is 24.4 Å². The molecule has 3 rings (SSSR count). The van der Waals surface area contributed by atoms with Crippen LogP contribution in [0.2, 0.25) is 0 Å². The third kappa shape index (κ3) is 3.26. The molecule has 0 spiro atoms. The molecule has 1 fully saturated rings. The zero-order valence-electron chi connectivity index (χ0n) is 14.8. The molecule has 1 aromatic carbocycles. The van der Waals surface area contributed by atoms with Gasteiger partial charge in [-0.15, -0.1) is 0 Å². The number of carbonyl (C=O) groups excluding carboxylic acids is 1. The number of rotatable bonds is 5. The molecule has 2 aliphatic heterocycles. The van der Waals surface area contributed by atoms with E-state index in [-0.39, 0.29) is 30.3 Å². The molecule has 26 heavy (non-hydrogen) atoms. The van der Waals surface area contributed by atoms with Crippen LogP contribution in [0.15, 0.2) is 11.6 Å². The topological polar surface area (TPSA) is 102 Å². The second-order valence-corrected chi connectivity index (χ2v) is 6.52. The van der Waals surface area contributed by atoms with Crippen molar-refractivity contribution < 1.29 is 34.0 Å². The first-order valence-corrected chi connectivity index (χ1v) is 8.50. The van der Waals surface area contributed by atoms with E-state index in [0.717, 1.165) is 11.1 Å². The fraction of sp³-hybridized carbons (Fsp3) is 0.474. The molecule has 0 bridgehead atoms. The number of carboxylic acids is 1. The number of methoxy groups -OCH3 is 1. The van der Waals surface area contributed by atoms with Crippen LogP contribution in [0.1, 0.15) is 39.9 Å². The van der Waals surface area contributed by atoms with Crippen LogP contribution < -0.4 is 4.74 Å². The van der Waals surface area contributed by atoms with Crippen molar-refractivity contribution in [2.24, 2.45) is 5.92 Å². The summed E-state index contributed by atoms with van der Waals surface area (Å²) < 4.78 is 15.9. The van der Waals surface area contributed by atoms with Crippen LogP contribution in [0.25, 0.3) is 0 Å². The number of cyclic esters (lactones) is 1. The van der Waals surface area contributed by atoms with Gasteiger partial charge in [-0.1, -0.05) is 11.6 Å². The summed E-state index contributed by atoms with van der Waals surface area (Å²) in [5.41, 5.74) is 3.12. The molecule has 140 valence electrons. The van der Waals surface area contributed by atoms with Gasteiger partial charge in [0.2, 0.25) is 0 Å². The molecule has 0 radical (unpaired) electrons. The molecule has 0 amide bonds. The van der Waals surface area contributed by atoms with Crippen molar-refractivity contribution in [2.45, 2.75) is 32.8 Å². The molecule has 0 aliphatic carbocycles. The molecule has 2 N–H and O–H groups in total. The SMILES string of the molecule is COc1c(C)c2c(c(O)c1CC=C1CCOCC1CC(=O)O)C(=O)OC2. The van der Waals surface area contributed by atoms with E-state index in [9.17, 15) is 14.7 Å². The molecule has 2 aliphatic rings. The van der Waals surface area contributed by atoms with Crippen molar-refractivity contribution in [3.05, 3.63) is 33.9 Å². The van der Waals surface area contributed by atoms with Gasteiger partial charge >= 0.3 is 11.9 Å². The predicted molar refractivity (Wildman–Crippen MR) is 91.5 cm³/mol. The maximum absolute atomic E-state index is 11.9. The van der Waals surface area contributed by atoms with Gasteiger partial charge in [0, 0.05) is 17.0 Å². The number of phenolic OH excluding ortho intramolecular Hbond substituents is 1. The largest absolute Gasteiger partial charge is 0.507 e. The number of carboxylic acid groups (broad SMARTS) is 1. The Kier molecular flexibility index (Phi) is 5.18. The van der Waals surface area contributed by atoms with Crippen LogP contribution in [0.5, 0.6) is 11.5 Å². The molecule has 1 saturated heterocycles. The summed E-state index contributed by atoms with van der Waals surface area (Å²) >= 11 is 0. The molecule has 7 nitrogen and oxygen atoms in total. The lowest BCUT2D eigenvalue weighted by atomic mass is 9.89. The van der Waals surface area contributed by atoms with Gasteiger partial charge in [0.25, 0.3) is 0 Å². The average Bonchev–Trinajstić information content (AvgIpc) is 2.99. The molecular formula is C19H22O7. The summed E-state index contributed by atoms with van der Waals surface area (Å²) in [7, 11) is 1.52. The summed E-state index contributed by atoms with van der Waals surface area (Å²) in [5.74, 6) is -1.19. The first kappa shape index (κ1) is 18.3. The monoisotopic (exact) mass is 362 g/mol. The van der Waals surface area contributed by atoms with E-state index in [1.165, 1.54) is 7.11 Å². The Morgan fingerprint density at radius 2 is 2.19 bits per heavy atom. The predicted octanol–water partition coefficient (Wildman–Crippen LogP) is 2.36. The number of esters is 1. The van der Waals surface area contributed by atoms with Gasteiger partial charge in [-0.3, -0.25) is 4.79 Å². The molecule has 7 heteroatoms. The molecule has 1 aromatic rings. The minimum absolute atomic E-state index is 0.00446. The highest BCUT2D eigenvalue weighted by atomic mass is 16.5. The van der Waals surface area contributed by atoms with Crippen LogP contribution in [0, 0.1) is 12.8 Å². The van der Waals surface area contributed by atoms with Crippen molar-refractivity contribution in [1.29, 1.82) is 0 Å². The van der Waals surface area contributed by atoms with Crippen molar-refractivity contribution in [1.82, 2.24) is 0 Å². The van der Waals surface area contributed by atoms with Crippen LogP contribution >= 0.6 is 0 Å². The smallest absolute Gasteiger partial charge is 0.342 e. The fourth-order valence-corrected chi connectivity index (χ4v) is 3.66. The highest BCUT2D eigenvalue weighted by Crippen LogP contribution is 2.42. The molecule has 0 aromatic heterocycles. The van der Waals surface area contributed by atoms with Crippen LogP contribution in [-0.2, 0) is 27.3 Å². The molecular weight excluding hydrogens is 340 g/mol. The number of ether oxygens (including phenoxy) is 3. The number of hydrogen-bond acceptors (Lipinski definition) is 6. The summed E-state index contributed by atoms with van der Waals surface area (Å²) in [6, 6.07) is 0. The molecule has 2 heterocycles. The highest BCUT2D eigenvalue weighted by Gasteiger charge is 2.32. The minimum atomic E-state index is -0.872. The second kappa shape index (κ2) is 7.37. The average molecular weight is 362 g/mol. The first-order chi connectivity index (χ1) is 12.4. The Labute approximate surface area is 151 Å². The van der Waals surface area contributed by atoms with Crippen molar-refractivity contribution in [3.63, 3.8) is 0 Å². The van der Waals surface area contributed by atoms with Gasteiger partial charge in [0.1, 0.15) is 23.7 Å². The van der Waals surface area contributed by atoms with E-state index in [4.69, 9.17) is 19.3 Å². The van der Waals surface area contributed by atoms with E-state index in [1.807, 2.05) is 13.0 Å². The Morgan fingerprint density at radius 3 is 2.88 bits per heavy atom. The maximum Gasteiger partial charge on any atom is 0.342 e. The number of aromatic hydroxyl groups is 1. The maximum atomic E-state index is 11.9. The van der Waals surface area contributed by atoms with Gasteiger partial charge in [0.05, 0.1) is 26.7 Å². The van der Waals surface area contributed by atoms with Crippen molar-refractivity contribution >= 4 is 11.9 Å². The van der Waals surface area contributed by atoms with E-state index in [2.05, 4.69) is 0 Å². The number of phenols is 1. The molecule has 1 unspecified atom stereocenters.